The Labute approximate surface area is 164 Å². The third kappa shape index (κ3) is 4.69. The molecule has 3 aromatic carbocycles. The fourth-order valence-corrected chi connectivity index (χ4v) is 2.81. The van der Waals surface area contributed by atoms with Gasteiger partial charge in [-0.15, -0.1) is 0 Å². The molecule has 28 heavy (non-hydrogen) atoms. The number of ether oxygens (including phenoxy) is 1. The van der Waals surface area contributed by atoms with Crippen molar-refractivity contribution in [1.29, 1.82) is 0 Å². The molecule has 0 aliphatic rings. The Bertz CT molecular complexity index is 947. The lowest BCUT2D eigenvalue weighted by Crippen LogP contribution is -2.19. The number of hydrogen-bond acceptors (Lipinski definition) is 5. The molecule has 2 N–H and O–H groups in total. The van der Waals surface area contributed by atoms with Gasteiger partial charge in [0.1, 0.15) is 23.9 Å². The monoisotopic (exact) mass is 377 g/mol. The van der Waals surface area contributed by atoms with Gasteiger partial charge in [-0.05, 0) is 79.8 Å². The second kappa shape index (κ2) is 8.59. The van der Waals surface area contributed by atoms with Crippen molar-refractivity contribution in [1.82, 2.24) is 4.90 Å². The first-order valence-electron chi connectivity index (χ1n) is 8.99. The van der Waals surface area contributed by atoms with Crippen LogP contribution in [0.2, 0.25) is 0 Å². The van der Waals surface area contributed by atoms with Crippen LogP contribution in [-0.2, 0) is 0 Å². The first-order chi connectivity index (χ1) is 13.4. The maximum absolute atomic E-state index is 13.1. The van der Waals surface area contributed by atoms with Crippen LogP contribution < -0.4 is 4.74 Å². The van der Waals surface area contributed by atoms with E-state index in [0.29, 0.717) is 29.0 Å². The van der Waals surface area contributed by atoms with Gasteiger partial charge in [0.25, 0.3) is 0 Å². The van der Waals surface area contributed by atoms with Crippen LogP contribution in [0.1, 0.15) is 15.9 Å². The maximum atomic E-state index is 13.1. The average molecular weight is 377 g/mol. The Morgan fingerprint density at radius 2 is 1.54 bits per heavy atom. The molecule has 0 heterocycles. The quantitative estimate of drug-likeness (QED) is 0.611. The second-order valence-corrected chi connectivity index (χ2v) is 6.78. The van der Waals surface area contributed by atoms with Crippen LogP contribution in [0.5, 0.6) is 17.2 Å². The van der Waals surface area contributed by atoms with E-state index >= 15 is 0 Å². The Kier molecular flexibility index (Phi) is 5.96. The number of nitrogens with zero attached hydrogens (tertiary/aromatic N) is 1. The molecule has 0 fully saturated rings. The van der Waals surface area contributed by atoms with Gasteiger partial charge >= 0.3 is 0 Å². The minimum absolute atomic E-state index is 0.0734. The van der Waals surface area contributed by atoms with Crippen molar-refractivity contribution in [3.05, 3.63) is 77.9 Å². The summed E-state index contributed by atoms with van der Waals surface area (Å²) in [5.74, 6) is 0.775. The van der Waals surface area contributed by atoms with Crippen molar-refractivity contribution < 1.29 is 19.7 Å². The molecule has 0 radical (unpaired) electrons. The molecule has 0 bridgehead atoms. The lowest BCUT2D eigenvalue weighted by molar-refractivity contribution is 0.103. The molecule has 0 atom stereocenters. The molecule has 0 amide bonds. The highest BCUT2D eigenvalue weighted by Crippen LogP contribution is 2.30. The zero-order valence-electron chi connectivity index (χ0n) is 15.9. The summed E-state index contributed by atoms with van der Waals surface area (Å²) in [6.45, 7) is 1.38. The van der Waals surface area contributed by atoms with E-state index in [4.69, 9.17) is 4.74 Å². The van der Waals surface area contributed by atoms with Crippen LogP contribution >= 0.6 is 0 Å². The zero-order chi connectivity index (χ0) is 20.1. The first-order valence-corrected chi connectivity index (χ1v) is 8.99. The summed E-state index contributed by atoms with van der Waals surface area (Å²) in [6, 6.07) is 18.2. The van der Waals surface area contributed by atoms with E-state index in [2.05, 4.69) is 0 Å². The predicted molar refractivity (Wildman–Crippen MR) is 109 cm³/mol. The van der Waals surface area contributed by atoms with Crippen LogP contribution in [0.25, 0.3) is 11.1 Å². The highest BCUT2D eigenvalue weighted by Gasteiger charge is 2.16. The van der Waals surface area contributed by atoms with Gasteiger partial charge in [0.2, 0.25) is 0 Å². The molecule has 144 valence electrons. The normalized spacial score (nSPS) is 10.8. The number of likely N-dealkylation sites (N-methyl/N-ethyl adjacent to an activating group) is 1. The number of carbonyl (C=O) groups excluding carboxylic acids is 1. The zero-order valence-corrected chi connectivity index (χ0v) is 15.9. The van der Waals surface area contributed by atoms with Crippen LogP contribution in [0.3, 0.4) is 0 Å². The van der Waals surface area contributed by atoms with Gasteiger partial charge in [-0.2, -0.15) is 0 Å². The largest absolute Gasteiger partial charge is 0.508 e. The molecule has 0 aliphatic heterocycles. The molecule has 0 saturated heterocycles. The van der Waals surface area contributed by atoms with Crippen molar-refractivity contribution in [2.24, 2.45) is 0 Å². The molecule has 0 saturated carbocycles. The molecule has 0 aromatic heterocycles. The number of aromatic hydroxyl groups is 2. The highest BCUT2D eigenvalue weighted by atomic mass is 16.5. The van der Waals surface area contributed by atoms with Crippen molar-refractivity contribution >= 4 is 5.78 Å². The number of carbonyl (C=O) groups is 1. The number of phenols is 2. The van der Waals surface area contributed by atoms with Crippen LogP contribution in [0.4, 0.5) is 0 Å². The van der Waals surface area contributed by atoms with Crippen LogP contribution in [0.15, 0.2) is 66.7 Å². The van der Waals surface area contributed by atoms with Gasteiger partial charge in [-0.1, -0.05) is 12.1 Å². The van der Waals surface area contributed by atoms with Crippen molar-refractivity contribution in [2.45, 2.75) is 0 Å². The van der Waals surface area contributed by atoms with E-state index < -0.39 is 0 Å². The molecular weight excluding hydrogens is 354 g/mol. The summed E-state index contributed by atoms with van der Waals surface area (Å²) >= 11 is 0. The van der Waals surface area contributed by atoms with Crippen LogP contribution in [-0.4, -0.2) is 48.1 Å². The van der Waals surface area contributed by atoms with E-state index in [-0.39, 0.29) is 17.3 Å². The molecular formula is C23H23NO4. The van der Waals surface area contributed by atoms with E-state index in [0.717, 1.165) is 12.1 Å². The lowest BCUT2D eigenvalue weighted by atomic mass is 9.93. The molecule has 3 rings (SSSR count). The fraction of sp³-hybridized carbons (Fsp3) is 0.174. The fourth-order valence-electron chi connectivity index (χ4n) is 2.81. The molecule has 0 unspecified atom stereocenters. The van der Waals surface area contributed by atoms with Crippen LogP contribution in [0, 0.1) is 0 Å². The third-order valence-corrected chi connectivity index (χ3v) is 4.35. The molecule has 0 aliphatic carbocycles. The van der Waals surface area contributed by atoms with Gasteiger partial charge < -0.3 is 19.8 Å². The summed E-state index contributed by atoms with van der Waals surface area (Å²) in [6.07, 6.45) is 0. The molecule has 0 spiro atoms. The van der Waals surface area contributed by atoms with Crippen molar-refractivity contribution in [3.8, 4) is 28.4 Å². The lowest BCUT2D eigenvalue weighted by Gasteiger charge is -2.12. The number of ketones is 1. The maximum Gasteiger partial charge on any atom is 0.193 e. The topological polar surface area (TPSA) is 70.0 Å². The molecule has 3 aromatic rings. The van der Waals surface area contributed by atoms with Crippen molar-refractivity contribution in [3.63, 3.8) is 0 Å². The van der Waals surface area contributed by atoms with E-state index in [1.807, 2.05) is 19.0 Å². The summed E-state index contributed by atoms with van der Waals surface area (Å²) in [7, 11) is 3.96. The summed E-state index contributed by atoms with van der Waals surface area (Å²) in [4.78, 5) is 15.1. The Balaban J connectivity index is 1.85. The predicted octanol–water partition coefficient (Wildman–Crippen LogP) is 3.94. The van der Waals surface area contributed by atoms with Gasteiger partial charge in [0.15, 0.2) is 5.78 Å². The summed E-state index contributed by atoms with van der Waals surface area (Å²) in [5.41, 5.74) is 2.35. The van der Waals surface area contributed by atoms with E-state index in [1.165, 1.54) is 6.07 Å². The van der Waals surface area contributed by atoms with E-state index in [9.17, 15) is 15.0 Å². The van der Waals surface area contributed by atoms with Gasteiger partial charge in [-0.3, -0.25) is 4.79 Å². The smallest absolute Gasteiger partial charge is 0.193 e. The Morgan fingerprint density at radius 1 is 0.893 bits per heavy atom. The van der Waals surface area contributed by atoms with Gasteiger partial charge in [0, 0.05) is 17.7 Å². The van der Waals surface area contributed by atoms with Crippen molar-refractivity contribution in [2.75, 3.05) is 27.2 Å². The number of phenolic OH excluding ortho intramolecular Hbond substituents is 2. The number of hydrogen-bond donors (Lipinski definition) is 2. The Morgan fingerprint density at radius 3 is 2.18 bits per heavy atom. The minimum Gasteiger partial charge on any atom is -0.508 e. The summed E-state index contributed by atoms with van der Waals surface area (Å²) in [5, 5.41) is 19.4. The first kappa shape index (κ1) is 19.5. The standard InChI is InChI=1S/C23H23NO4/c1-24(2)13-14-28-20-10-5-17(6-11-20)23(27)21-12-9-19(26)15-22(21)16-3-7-18(25)8-4-16/h3-12,15,25-26H,13-14H2,1-2H3. The minimum atomic E-state index is -0.150. The highest BCUT2D eigenvalue weighted by molar-refractivity contribution is 6.13. The van der Waals surface area contributed by atoms with E-state index in [1.54, 1.807) is 60.7 Å². The molecule has 5 heteroatoms. The third-order valence-electron chi connectivity index (χ3n) is 4.35. The van der Waals surface area contributed by atoms with Gasteiger partial charge in [0.05, 0.1) is 0 Å². The summed E-state index contributed by atoms with van der Waals surface area (Å²) < 4.78 is 5.67. The Hall–Kier alpha value is -3.31. The average Bonchev–Trinajstić information content (AvgIpc) is 2.68. The van der Waals surface area contributed by atoms with Gasteiger partial charge in [-0.25, -0.2) is 0 Å². The number of rotatable bonds is 7. The second-order valence-electron chi connectivity index (χ2n) is 6.78. The molecule has 5 nitrogen and oxygen atoms in total. The SMILES string of the molecule is CN(C)CCOc1ccc(C(=O)c2ccc(O)cc2-c2ccc(O)cc2)cc1. The number of benzene rings is 3.